The average Bonchev–Trinajstić information content (AvgIpc) is 3.20. The Morgan fingerprint density at radius 3 is 2.74 bits per heavy atom. The summed E-state index contributed by atoms with van der Waals surface area (Å²) in [6, 6.07) is 5.96. The van der Waals surface area contributed by atoms with Crippen LogP contribution >= 0.6 is 0 Å². The number of aliphatic hydroxyl groups excluding tert-OH is 1. The van der Waals surface area contributed by atoms with Crippen LogP contribution in [0.3, 0.4) is 0 Å². The number of hydrogen-bond acceptors (Lipinski definition) is 5. The van der Waals surface area contributed by atoms with Gasteiger partial charge in [-0.15, -0.1) is 0 Å². The summed E-state index contributed by atoms with van der Waals surface area (Å²) in [5.74, 6) is -3.07. The average molecular weight is 425 g/mol. The molecule has 8 nitrogen and oxygen atoms in total. The molecule has 0 unspecified atom stereocenters. The molecule has 0 spiro atoms. The lowest BCUT2D eigenvalue weighted by molar-refractivity contribution is -0.131. The number of Topliss-reactive ketones (excluding diaryl/α,β-unsaturated/α-hetero) is 1. The van der Waals surface area contributed by atoms with Crippen molar-refractivity contribution in [2.75, 3.05) is 0 Å². The van der Waals surface area contributed by atoms with Crippen LogP contribution in [0.25, 0.3) is 0 Å². The van der Waals surface area contributed by atoms with Crippen LogP contribution in [0.4, 0.5) is 0 Å². The number of nitrogens with one attached hydrogen (secondary N) is 3. The molecule has 1 aromatic carbocycles. The highest BCUT2D eigenvalue weighted by Crippen LogP contribution is 2.33. The fourth-order valence-corrected chi connectivity index (χ4v) is 4.86. The van der Waals surface area contributed by atoms with Crippen LogP contribution in [0.2, 0.25) is 0 Å². The standard InChI is InChI=1S/C23H27N3O5/c1-12-4-2-6-16-15(12)5-3-7-17(16)25-22(30)13-8-9-14(10-13)24-23(31)20-21(29)18(27)11-19(28)26-20/h2,4,6,13-14,17,29H,3,5,7-11H2,1H3,(H,24,31)(H,25,30)(H,26,28)/t13-,14+,17-/m1/s1. The molecule has 1 saturated carbocycles. The molecule has 1 aromatic rings. The summed E-state index contributed by atoms with van der Waals surface area (Å²) in [6.45, 7) is 2.10. The van der Waals surface area contributed by atoms with Gasteiger partial charge < -0.3 is 21.1 Å². The fourth-order valence-electron chi connectivity index (χ4n) is 4.86. The second kappa shape index (κ2) is 8.53. The largest absolute Gasteiger partial charge is 0.503 e. The summed E-state index contributed by atoms with van der Waals surface area (Å²) in [5, 5.41) is 18.0. The smallest absolute Gasteiger partial charge is 0.272 e. The van der Waals surface area contributed by atoms with Gasteiger partial charge in [-0.25, -0.2) is 0 Å². The highest BCUT2D eigenvalue weighted by molar-refractivity contribution is 6.15. The fraction of sp³-hybridized carbons (Fsp3) is 0.478. The lowest BCUT2D eigenvalue weighted by atomic mass is 9.85. The van der Waals surface area contributed by atoms with E-state index in [1.165, 1.54) is 16.7 Å². The monoisotopic (exact) mass is 425 g/mol. The summed E-state index contributed by atoms with van der Waals surface area (Å²) in [4.78, 5) is 48.4. The first-order chi connectivity index (χ1) is 14.8. The molecule has 164 valence electrons. The van der Waals surface area contributed by atoms with Crippen molar-refractivity contribution < 1.29 is 24.3 Å². The summed E-state index contributed by atoms with van der Waals surface area (Å²) in [6.07, 6.45) is 4.23. The number of fused-ring (bicyclic) bond motifs is 1. The Hall–Kier alpha value is -3.16. The molecule has 0 aromatic heterocycles. The van der Waals surface area contributed by atoms with Crippen molar-refractivity contribution in [3.8, 4) is 0 Å². The van der Waals surface area contributed by atoms with Crippen molar-refractivity contribution in [2.45, 2.75) is 64.0 Å². The van der Waals surface area contributed by atoms with Gasteiger partial charge in [0, 0.05) is 12.0 Å². The van der Waals surface area contributed by atoms with E-state index in [0.717, 1.165) is 19.3 Å². The number of aryl methyl sites for hydroxylation is 1. The third kappa shape index (κ3) is 4.33. The van der Waals surface area contributed by atoms with Gasteiger partial charge in [0.1, 0.15) is 0 Å². The van der Waals surface area contributed by atoms with Gasteiger partial charge in [0.2, 0.25) is 17.6 Å². The van der Waals surface area contributed by atoms with Crippen LogP contribution in [0.5, 0.6) is 0 Å². The molecule has 3 atom stereocenters. The van der Waals surface area contributed by atoms with E-state index in [2.05, 4.69) is 35.0 Å². The Balaban J connectivity index is 1.35. The van der Waals surface area contributed by atoms with E-state index in [9.17, 15) is 24.3 Å². The summed E-state index contributed by atoms with van der Waals surface area (Å²) in [5.41, 5.74) is 3.37. The van der Waals surface area contributed by atoms with Crippen LogP contribution in [-0.2, 0) is 25.6 Å². The Bertz CT molecular complexity index is 983. The van der Waals surface area contributed by atoms with E-state index in [4.69, 9.17) is 0 Å². The highest BCUT2D eigenvalue weighted by atomic mass is 16.3. The number of aliphatic hydroxyl groups is 1. The SMILES string of the molecule is Cc1cccc2c1CCC[C@H]2NC(=O)[C@@H]1CC[C@H](NC(=O)C2=C(O)C(=O)CC(=O)N2)C1. The topological polar surface area (TPSA) is 125 Å². The van der Waals surface area contributed by atoms with Crippen molar-refractivity contribution in [3.63, 3.8) is 0 Å². The van der Waals surface area contributed by atoms with Gasteiger partial charge in [-0.2, -0.15) is 0 Å². The molecule has 4 N–H and O–H groups in total. The molecular formula is C23H27N3O5. The van der Waals surface area contributed by atoms with Gasteiger partial charge in [0.05, 0.1) is 12.5 Å². The Kier molecular flexibility index (Phi) is 5.80. The summed E-state index contributed by atoms with van der Waals surface area (Å²) >= 11 is 0. The minimum Gasteiger partial charge on any atom is -0.503 e. The molecule has 31 heavy (non-hydrogen) atoms. The first-order valence-corrected chi connectivity index (χ1v) is 10.8. The zero-order valence-corrected chi connectivity index (χ0v) is 17.5. The minimum absolute atomic E-state index is 0.00959. The molecule has 3 amide bonds. The number of carbonyl (C=O) groups excluding carboxylic acids is 4. The molecule has 8 heteroatoms. The molecule has 0 bridgehead atoms. The molecule has 1 heterocycles. The second-order valence-corrected chi connectivity index (χ2v) is 8.65. The van der Waals surface area contributed by atoms with Crippen molar-refractivity contribution in [2.24, 2.45) is 5.92 Å². The molecule has 2 aliphatic carbocycles. The first-order valence-electron chi connectivity index (χ1n) is 10.8. The third-order valence-electron chi connectivity index (χ3n) is 6.51. The maximum absolute atomic E-state index is 12.9. The van der Waals surface area contributed by atoms with Gasteiger partial charge in [-0.05, 0) is 62.1 Å². The lowest BCUT2D eigenvalue weighted by Gasteiger charge is -2.28. The number of benzene rings is 1. The number of amides is 3. The van der Waals surface area contributed by atoms with Crippen LogP contribution in [0.1, 0.15) is 61.3 Å². The molecule has 1 aliphatic heterocycles. The van der Waals surface area contributed by atoms with Crippen LogP contribution in [0.15, 0.2) is 29.7 Å². The maximum Gasteiger partial charge on any atom is 0.272 e. The van der Waals surface area contributed by atoms with E-state index >= 15 is 0 Å². The van der Waals surface area contributed by atoms with Crippen LogP contribution < -0.4 is 16.0 Å². The Morgan fingerprint density at radius 2 is 1.94 bits per heavy atom. The first kappa shape index (κ1) is 21.1. The number of allylic oxidation sites excluding steroid dienone is 1. The van der Waals surface area contributed by atoms with Crippen LogP contribution in [0, 0.1) is 12.8 Å². The normalized spacial score (nSPS) is 25.6. The summed E-state index contributed by atoms with van der Waals surface area (Å²) in [7, 11) is 0. The van der Waals surface area contributed by atoms with E-state index in [-0.39, 0.29) is 23.9 Å². The van der Waals surface area contributed by atoms with Crippen molar-refractivity contribution in [1.82, 2.24) is 16.0 Å². The van der Waals surface area contributed by atoms with Crippen molar-refractivity contribution in [3.05, 3.63) is 46.3 Å². The molecular weight excluding hydrogens is 398 g/mol. The van der Waals surface area contributed by atoms with Crippen LogP contribution in [-0.4, -0.2) is 34.7 Å². The third-order valence-corrected chi connectivity index (χ3v) is 6.51. The minimum atomic E-state index is -0.777. The lowest BCUT2D eigenvalue weighted by Crippen LogP contribution is -2.44. The van der Waals surface area contributed by atoms with E-state index in [0.29, 0.717) is 19.3 Å². The Morgan fingerprint density at radius 1 is 1.13 bits per heavy atom. The predicted molar refractivity (Wildman–Crippen MR) is 112 cm³/mol. The van der Waals surface area contributed by atoms with Gasteiger partial charge in [0.25, 0.3) is 5.91 Å². The molecule has 0 saturated heterocycles. The molecule has 0 radical (unpaired) electrons. The van der Waals surface area contributed by atoms with E-state index < -0.39 is 35.5 Å². The maximum atomic E-state index is 12.9. The number of hydrogen-bond donors (Lipinski definition) is 4. The number of ketones is 1. The molecule has 3 aliphatic rings. The van der Waals surface area contributed by atoms with E-state index in [1.807, 2.05) is 6.07 Å². The zero-order chi connectivity index (χ0) is 22.1. The predicted octanol–water partition coefficient (Wildman–Crippen LogP) is 1.63. The highest BCUT2D eigenvalue weighted by Gasteiger charge is 2.35. The van der Waals surface area contributed by atoms with Crippen molar-refractivity contribution in [1.29, 1.82) is 0 Å². The van der Waals surface area contributed by atoms with E-state index in [1.54, 1.807) is 0 Å². The quantitative estimate of drug-likeness (QED) is 0.546. The van der Waals surface area contributed by atoms with Gasteiger partial charge in [-0.1, -0.05) is 18.2 Å². The Labute approximate surface area is 180 Å². The summed E-state index contributed by atoms with van der Waals surface area (Å²) < 4.78 is 0. The van der Waals surface area contributed by atoms with Gasteiger partial charge in [0.15, 0.2) is 11.5 Å². The van der Waals surface area contributed by atoms with Gasteiger partial charge >= 0.3 is 0 Å². The zero-order valence-electron chi connectivity index (χ0n) is 17.5. The van der Waals surface area contributed by atoms with Gasteiger partial charge in [-0.3, -0.25) is 19.2 Å². The second-order valence-electron chi connectivity index (χ2n) is 8.65. The van der Waals surface area contributed by atoms with Crippen molar-refractivity contribution >= 4 is 23.5 Å². The molecule has 1 fully saturated rings. The number of rotatable bonds is 4. The molecule has 4 rings (SSSR count). The number of carbonyl (C=O) groups is 4.